The van der Waals surface area contributed by atoms with E-state index in [1.54, 1.807) is 6.07 Å². The van der Waals surface area contributed by atoms with Crippen molar-refractivity contribution in [1.82, 2.24) is 0 Å². The Morgan fingerprint density at radius 1 is 1.15 bits per heavy atom. The van der Waals surface area contributed by atoms with Gasteiger partial charge in [-0.15, -0.1) is 0 Å². The highest BCUT2D eigenvalue weighted by Crippen LogP contribution is 2.40. The molecular formula is C24H23F3O6. The third kappa shape index (κ3) is 5.30. The van der Waals surface area contributed by atoms with Crippen LogP contribution in [0, 0.1) is 0 Å². The molecule has 1 heterocycles. The molecule has 0 saturated carbocycles. The number of rotatable bonds is 8. The quantitative estimate of drug-likeness (QED) is 0.319. The summed E-state index contributed by atoms with van der Waals surface area (Å²) >= 11 is 0. The molecule has 0 amide bonds. The summed E-state index contributed by atoms with van der Waals surface area (Å²) in [6.45, 7) is 3.65. The van der Waals surface area contributed by atoms with Gasteiger partial charge in [-0.3, -0.25) is 4.79 Å². The van der Waals surface area contributed by atoms with Crippen molar-refractivity contribution in [2.45, 2.75) is 39.0 Å². The van der Waals surface area contributed by atoms with Gasteiger partial charge in [0, 0.05) is 11.6 Å². The summed E-state index contributed by atoms with van der Waals surface area (Å²) < 4.78 is 62.5. The topological polar surface area (TPSA) is 75.0 Å². The molecule has 3 rings (SSSR count). The maximum Gasteiger partial charge on any atom is 0.450 e. The van der Waals surface area contributed by atoms with E-state index in [0.29, 0.717) is 6.42 Å². The number of fused-ring (bicyclic) bond motifs is 1. The predicted molar refractivity (Wildman–Crippen MR) is 115 cm³/mol. The molecule has 33 heavy (non-hydrogen) atoms. The highest BCUT2D eigenvalue weighted by atomic mass is 19.4. The molecule has 0 saturated heterocycles. The van der Waals surface area contributed by atoms with Gasteiger partial charge in [-0.2, -0.15) is 13.2 Å². The smallest absolute Gasteiger partial charge is 0.450 e. The van der Waals surface area contributed by atoms with Crippen molar-refractivity contribution < 1.29 is 36.6 Å². The van der Waals surface area contributed by atoms with Crippen molar-refractivity contribution in [2.24, 2.45) is 0 Å². The molecule has 1 aromatic heterocycles. The second-order valence-electron chi connectivity index (χ2n) is 7.27. The van der Waals surface area contributed by atoms with Crippen molar-refractivity contribution in [3.8, 4) is 22.6 Å². The SMILES string of the molecule is CCCCOC(=O)[C@@H](C)Oc1ccc2c(=O)c(-c3ccccc3OC)c(C(F)(F)F)oc2c1. The number of methoxy groups -OCH3 is 1. The van der Waals surface area contributed by atoms with Crippen molar-refractivity contribution in [1.29, 1.82) is 0 Å². The summed E-state index contributed by atoms with van der Waals surface area (Å²) in [6, 6.07) is 9.72. The van der Waals surface area contributed by atoms with Gasteiger partial charge in [0.1, 0.15) is 17.1 Å². The lowest BCUT2D eigenvalue weighted by molar-refractivity contribution is -0.152. The van der Waals surface area contributed by atoms with Crippen molar-refractivity contribution in [3.05, 3.63) is 58.4 Å². The van der Waals surface area contributed by atoms with Crippen LogP contribution >= 0.6 is 0 Å². The average molecular weight is 464 g/mol. The van der Waals surface area contributed by atoms with Gasteiger partial charge in [0.15, 0.2) is 6.10 Å². The number of hydrogen-bond donors (Lipinski definition) is 0. The second kappa shape index (κ2) is 9.97. The molecule has 0 aliphatic heterocycles. The number of unbranched alkanes of at least 4 members (excludes halogenated alkanes) is 1. The number of hydrogen-bond acceptors (Lipinski definition) is 6. The Kier molecular flexibility index (Phi) is 7.30. The lowest BCUT2D eigenvalue weighted by atomic mass is 10.0. The van der Waals surface area contributed by atoms with E-state index in [1.165, 1.54) is 44.4 Å². The molecule has 0 fully saturated rings. The Hall–Kier alpha value is -3.49. The van der Waals surface area contributed by atoms with Crippen LogP contribution in [0.5, 0.6) is 11.5 Å². The van der Waals surface area contributed by atoms with Crippen LogP contribution in [0.2, 0.25) is 0 Å². The highest BCUT2D eigenvalue weighted by molar-refractivity contribution is 5.85. The monoisotopic (exact) mass is 464 g/mol. The first-order chi connectivity index (χ1) is 15.7. The minimum absolute atomic E-state index is 0.0354. The third-order valence-corrected chi connectivity index (χ3v) is 4.88. The molecule has 0 bridgehead atoms. The highest BCUT2D eigenvalue weighted by Gasteiger charge is 2.40. The van der Waals surface area contributed by atoms with Crippen LogP contribution in [-0.4, -0.2) is 25.8 Å². The summed E-state index contributed by atoms with van der Waals surface area (Å²) in [6.07, 6.45) is -4.39. The van der Waals surface area contributed by atoms with Gasteiger partial charge in [0.2, 0.25) is 11.2 Å². The lowest BCUT2D eigenvalue weighted by Gasteiger charge is -2.16. The van der Waals surface area contributed by atoms with Crippen LogP contribution in [0.25, 0.3) is 22.1 Å². The molecule has 3 aromatic rings. The van der Waals surface area contributed by atoms with Crippen molar-refractivity contribution >= 4 is 16.9 Å². The zero-order valence-corrected chi connectivity index (χ0v) is 18.3. The summed E-state index contributed by atoms with van der Waals surface area (Å²) in [5, 5.41) is -0.0746. The van der Waals surface area contributed by atoms with Gasteiger partial charge in [-0.25, -0.2) is 4.79 Å². The number of alkyl halides is 3. The van der Waals surface area contributed by atoms with Gasteiger partial charge in [0.25, 0.3) is 0 Å². The van der Waals surface area contributed by atoms with Crippen LogP contribution in [0.1, 0.15) is 32.4 Å². The van der Waals surface area contributed by atoms with E-state index in [-0.39, 0.29) is 34.6 Å². The maximum absolute atomic E-state index is 13.9. The minimum Gasteiger partial charge on any atom is -0.496 e. The van der Waals surface area contributed by atoms with E-state index < -0.39 is 35.0 Å². The molecule has 0 aliphatic carbocycles. The van der Waals surface area contributed by atoms with E-state index in [4.69, 9.17) is 18.6 Å². The Labute approximate surface area is 187 Å². The predicted octanol–water partition coefficient (Wildman–Crippen LogP) is 5.60. The molecule has 9 heteroatoms. The Bertz CT molecular complexity index is 1200. The van der Waals surface area contributed by atoms with Crippen molar-refractivity contribution in [3.63, 3.8) is 0 Å². The molecule has 2 aromatic carbocycles. The summed E-state index contributed by atoms with van der Waals surface area (Å²) in [5.74, 6) is -1.89. The fourth-order valence-corrected chi connectivity index (χ4v) is 3.23. The largest absolute Gasteiger partial charge is 0.496 e. The van der Waals surface area contributed by atoms with Gasteiger partial charge in [-0.1, -0.05) is 31.5 Å². The van der Waals surface area contributed by atoms with Crippen molar-refractivity contribution in [2.75, 3.05) is 13.7 Å². The first-order valence-electron chi connectivity index (χ1n) is 10.3. The number of carbonyl (C=O) groups is 1. The fourth-order valence-electron chi connectivity index (χ4n) is 3.23. The van der Waals surface area contributed by atoms with Crippen LogP contribution in [0.3, 0.4) is 0 Å². The number of halogens is 3. The molecule has 0 aliphatic rings. The molecular weight excluding hydrogens is 441 g/mol. The van der Waals surface area contributed by atoms with Gasteiger partial charge in [-0.05, 0) is 31.5 Å². The van der Waals surface area contributed by atoms with Crippen LogP contribution in [0.4, 0.5) is 13.2 Å². The number of para-hydroxylation sites is 1. The zero-order valence-electron chi connectivity index (χ0n) is 18.3. The molecule has 0 unspecified atom stereocenters. The minimum atomic E-state index is -4.95. The molecule has 1 atom stereocenters. The molecule has 176 valence electrons. The summed E-state index contributed by atoms with van der Waals surface area (Å²) in [7, 11) is 1.30. The normalized spacial score (nSPS) is 12.4. The maximum atomic E-state index is 13.9. The summed E-state index contributed by atoms with van der Waals surface area (Å²) in [5.41, 5.74) is -1.87. The number of esters is 1. The first-order valence-corrected chi connectivity index (χ1v) is 10.3. The van der Waals surface area contributed by atoms with Crippen LogP contribution in [0.15, 0.2) is 51.7 Å². The summed E-state index contributed by atoms with van der Waals surface area (Å²) in [4.78, 5) is 25.1. The molecule has 6 nitrogen and oxygen atoms in total. The van der Waals surface area contributed by atoms with Crippen LogP contribution in [-0.2, 0) is 15.7 Å². The standard InChI is InChI=1S/C24H23F3O6/c1-4-5-12-31-23(29)14(2)32-15-10-11-17-19(13-15)33-22(24(25,26)27)20(21(17)28)16-8-6-7-9-18(16)30-3/h6-11,13-14H,4-5,12H2,1-3H3/t14-/m1/s1. The number of benzene rings is 2. The second-order valence-corrected chi connectivity index (χ2v) is 7.27. The van der Waals surface area contributed by atoms with E-state index in [2.05, 4.69) is 0 Å². The van der Waals surface area contributed by atoms with E-state index >= 15 is 0 Å². The number of ether oxygens (including phenoxy) is 3. The lowest BCUT2D eigenvalue weighted by Crippen LogP contribution is -2.26. The van der Waals surface area contributed by atoms with Gasteiger partial charge < -0.3 is 18.6 Å². The van der Waals surface area contributed by atoms with Crippen LogP contribution < -0.4 is 14.9 Å². The van der Waals surface area contributed by atoms with E-state index in [0.717, 1.165) is 12.5 Å². The molecule has 0 N–H and O–H groups in total. The van der Waals surface area contributed by atoms with E-state index in [9.17, 15) is 22.8 Å². The first kappa shape index (κ1) is 24.2. The Morgan fingerprint density at radius 2 is 1.88 bits per heavy atom. The average Bonchev–Trinajstić information content (AvgIpc) is 2.78. The van der Waals surface area contributed by atoms with Gasteiger partial charge >= 0.3 is 12.1 Å². The Morgan fingerprint density at radius 3 is 2.55 bits per heavy atom. The zero-order chi connectivity index (χ0) is 24.2. The molecule has 0 radical (unpaired) electrons. The molecule has 0 spiro atoms. The third-order valence-electron chi connectivity index (χ3n) is 4.88. The van der Waals surface area contributed by atoms with E-state index in [1.807, 2.05) is 6.92 Å². The van der Waals surface area contributed by atoms with Gasteiger partial charge in [0.05, 0.1) is 24.7 Å². The Balaban J connectivity index is 2.06. The fraction of sp³-hybridized carbons (Fsp3) is 0.333. The number of carbonyl (C=O) groups excluding carboxylic acids is 1.